The summed E-state index contributed by atoms with van der Waals surface area (Å²) >= 11 is 6.01. The van der Waals surface area contributed by atoms with Crippen molar-refractivity contribution in [3.05, 3.63) is 28.6 Å². The smallest absolute Gasteiger partial charge is 0.273 e. The first-order chi connectivity index (χ1) is 9.54. The highest BCUT2D eigenvalue weighted by atomic mass is 35.5. The number of rotatable bonds is 5. The number of carbonyl (C=O) groups excluding carboxylic acids is 1. The number of H-pyrrole nitrogens is 1. The van der Waals surface area contributed by atoms with E-state index in [9.17, 15) is 4.79 Å². The number of aromatic amines is 1. The summed E-state index contributed by atoms with van der Waals surface area (Å²) in [6.45, 7) is 6.49. The molecule has 2 N–H and O–H groups in total. The topological polar surface area (TPSA) is 88.5 Å². The molecule has 0 aliphatic heterocycles. The Hall–Kier alpha value is -1.89. The molecule has 8 heteroatoms. The third-order valence-electron chi connectivity index (χ3n) is 2.93. The Morgan fingerprint density at radius 3 is 2.95 bits per heavy atom. The van der Waals surface area contributed by atoms with Crippen molar-refractivity contribution < 1.29 is 4.79 Å². The van der Waals surface area contributed by atoms with Crippen LogP contribution in [0.3, 0.4) is 0 Å². The summed E-state index contributed by atoms with van der Waals surface area (Å²) in [6.07, 6.45) is 2.63. The zero-order valence-electron chi connectivity index (χ0n) is 11.6. The summed E-state index contributed by atoms with van der Waals surface area (Å²) in [6, 6.07) is -0.273. The molecule has 0 saturated carbocycles. The van der Waals surface area contributed by atoms with Gasteiger partial charge in [0.1, 0.15) is 6.33 Å². The number of aromatic nitrogens is 5. The van der Waals surface area contributed by atoms with Crippen molar-refractivity contribution in [3.8, 4) is 0 Å². The molecule has 2 aromatic heterocycles. The molecular weight excluding hydrogens is 280 g/mol. The van der Waals surface area contributed by atoms with Crippen molar-refractivity contribution in [2.45, 2.75) is 39.8 Å². The number of nitrogens with zero attached hydrogens (tertiary/aromatic N) is 4. The van der Waals surface area contributed by atoms with E-state index in [0.29, 0.717) is 16.5 Å². The van der Waals surface area contributed by atoms with Gasteiger partial charge in [-0.05, 0) is 20.3 Å². The van der Waals surface area contributed by atoms with Crippen molar-refractivity contribution in [2.24, 2.45) is 0 Å². The summed E-state index contributed by atoms with van der Waals surface area (Å²) in [5, 5.41) is 17.7. The molecule has 0 aliphatic rings. The fourth-order valence-electron chi connectivity index (χ4n) is 1.91. The van der Waals surface area contributed by atoms with Crippen molar-refractivity contribution in [2.75, 3.05) is 0 Å². The van der Waals surface area contributed by atoms with Gasteiger partial charge in [-0.25, -0.2) is 0 Å². The second-order valence-electron chi connectivity index (χ2n) is 4.59. The second-order valence-corrected chi connectivity index (χ2v) is 4.97. The van der Waals surface area contributed by atoms with E-state index in [1.54, 1.807) is 13.3 Å². The molecule has 2 aromatic rings. The largest absolute Gasteiger partial charge is 0.341 e. The highest BCUT2D eigenvalue weighted by Crippen LogP contribution is 2.18. The van der Waals surface area contributed by atoms with Gasteiger partial charge < -0.3 is 9.88 Å². The Kier molecular flexibility index (Phi) is 4.39. The first-order valence-electron chi connectivity index (χ1n) is 6.43. The van der Waals surface area contributed by atoms with Gasteiger partial charge in [0.05, 0.1) is 16.8 Å². The van der Waals surface area contributed by atoms with Gasteiger partial charge >= 0.3 is 0 Å². The molecule has 1 unspecified atom stereocenters. The first-order valence-corrected chi connectivity index (χ1v) is 6.81. The van der Waals surface area contributed by atoms with Crippen molar-refractivity contribution >= 4 is 17.5 Å². The Bertz CT molecular complexity index is 605. The van der Waals surface area contributed by atoms with Crippen LogP contribution < -0.4 is 5.32 Å². The van der Waals surface area contributed by atoms with E-state index in [2.05, 4.69) is 32.6 Å². The van der Waals surface area contributed by atoms with Gasteiger partial charge in [-0.1, -0.05) is 18.5 Å². The first kappa shape index (κ1) is 14.5. The predicted octanol–water partition coefficient (Wildman–Crippen LogP) is 1.86. The molecule has 7 nitrogen and oxygen atoms in total. The van der Waals surface area contributed by atoms with Gasteiger partial charge in [0.15, 0.2) is 11.5 Å². The fourth-order valence-corrected chi connectivity index (χ4v) is 2.08. The van der Waals surface area contributed by atoms with Crippen LogP contribution in [0.15, 0.2) is 6.33 Å². The minimum atomic E-state index is -0.335. The van der Waals surface area contributed by atoms with Crippen LogP contribution in [-0.4, -0.2) is 30.9 Å². The van der Waals surface area contributed by atoms with E-state index in [4.69, 9.17) is 11.6 Å². The van der Waals surface area contributed by atoms with E-state index in [1.165, 1.54) is 0 Å². The van der Waals surface area contributed by atoms with E-state index >= 15 is 0 Å². The third-order valence-corrected chi connectivity index (χ3v) is 3.40. The fraction of sp³-hybridized carbons (Fsp3) is 0.500. The number of carbonyl (C=O) groups is 1. The van der Waals surface area contributed by atoms with Crippen LogP contribution in [0.2, 0.25) is 5.02 Å². The standard InChI is InChI=1S/C12H17ClN6O/c1-4-5-19-6-14-18-11(19)8(3)15-12(20)10-9(13)7(2)16-17-10/h6,8H,4-5H2,1-3H3,(H,15,20)(H,16,17). The van der Waals surface area contributed by atoms with Crippen LogP contribution >= 0.6 is 11.6 Å². The highest BCUT2D eigenvalue weighted by molar-refractivity contribution is 6.34. The lowest BCUT2D eigenvalue weighted by Crippen LogP contribution is -2.29. The molecule has 1 amide bonds. The predicted molar refractivity (Wildman–Crippen MR) is 74.5 cm³/mol. The van der Waals surface area contributed by atoms with E-state index in [1.807, 2.05) is 11.5 Å². The molecule has 0 bridgehead atoms. The van der Waals surface area contributed by atoms with Gasteiger partial charge in [0, 0.05) is 6.54 Å². The van der Waals surface area contributed by atoms with Gasteiger partial charge in [0.25, 0.3) is 5.91 Å². The third kappa shape index (κ3) is 2.82. The van der Waals surface area contributed by atoms with Crippen LogP contribution in [0.4, 0.5) is 0 Å². The Labute approximate surface area is 121 Å². The summed E-state index contributed by atoms with van der Waals surface area (Å²) in [7, 11) is 0. The molecular formula is C12H17ClN6O. The second kappa shape index (κ2) is 6.04. The quantitative estimate of drug-likeness (QED) is 0.881. The molecule has 0 fully saturated rings. The minimum absolute atomic E-state index is 0.192. The Morgan fingerprint density at radius 1 is 1.60 bits per heavy atom. The molecule has 2 heterocycles. The number of hydrogen-bond donors (Lipinski definition) is 2. The monoisotopic (exact) mass is 296 g/mol. The molecule has 108 valence electrons. The van der Waals surface area contributed by atoms with Gasteiger partial charge in [-0.2, -0.15) is 5.10 Å². The summed E-state index contributed by atoms with van der Waals surface area (Å²) < 4.78 is 1.92. The molecule has 20 heavy (non-hydrogen) atoms. The molecule has 0 aromatic carbocycles. The van der Waals surface area contributed by atoms with Gasteiger partial charge in [-0.15, -0.1) is 10.2 Å². The molecule has 0 aliphatic carbocycles. The molecule has 2 rings (SSSR count). The van der Waals surface area contributed by atoms with E-state index in [0.717, 1.165) is 13.0 Å². The average molecular weight is 297 g/mol. The molecule has 0 saturated heterocycles. The number of aryl methyl sites for hydroxylation is 2. The lowest BCUT2D eigenvalue weighted by molar-refractivity contribution is 0.0932. The minimum Gasteiger partial charge on any atom is -0.341 e. The maximum Gasteiger partial charge on any atom is 0.273 e. The summed E-state index contributed by atoms with van der Waals surface area (Å²) in [4.78, 5) is 12.1. The van der Waals surface area contributed by atoms with Gasteiger partial charge in [0.2, 0.25) is 0 Å². The normalized spacial score (nSPS) is 12.4. The molecule has 1 atom stereocenters. The van der Waals surface area contributed by atoms with E-state index in [-0.39, 0.29) is 17.6 Å². The van der Waals surface area contributed by atoms with Crippen LogP contribution in [-0.2, 0) is 6.54 Å². The molecule has 0 spiro atoms. The SMILES string of the molecule is CCCn1cnnc1C(C)NC(=O)c1n[nH]c(C)c1Cl. The highest BCUT2D eigenvalue weighted by Gasteiger charge is 2.20. The van der Waals surface area contributed by atoms with E-state index < -0.39 is 0 Å². The van der Waals surface area contributed by atoms with Crippen LogP contribution in [0.25, 0.3) is 0 Å². The maximum absolute atomic E-state index is 12.1. The van der Waals surface area contributed by atoms with Crippen molar-refractivity contribution in [1.82, 2.24) is 30.3 Å². The van der Waals surface area contributed by atoms with Crippen molar-refractivity contribution in [3.63, 3.8) is 0 Å². The van der Waals surface area contributed by atoms with Crippen molar-refractivity contribution in [1.29, 1.82) is 0 Å². The number of amides is 1. The van der Waals surface area contributed by atoms with Gasteiger partial charge in [-0.3, -0.25) is 9.89 Å². The lowest BCUT2D eigenvalue weighted by Gasteiger charge is -2.13. The Balaban J connectivity index is 2.11. The zero-order valence-corrected chi connectivity index (χ0v) is 12.4. The lowest BCUT2D eigenvalue weighted by atomic mass is 10.2. The van der Waals surface area contributed by atoms with Crippen LogP contribution in [0, 0.1) is 6.92 Å². The maximum atomic E-state index is 12.1. The van der Waals surface area contributed by atoms with Crippen LogP contribution in [0.5, 0.6) is 0 Å². The summed E-state index contributed by atoms with van der Waals surface area (Å²) in [5.74, 6) is 0.376. The average Bonchev–Trinajstić information content (AvgIpc) is 2.98. The number of nitrogens with one attached hydrogen (secondary N) is 2. The Morgan fingerprint density at radius 2 is 2.35 bits per heavy atom. The number of halogens is 1. The molecule has 0 radical (unpaired) electrons. The zero-order chi connectivity index (χ0) is 14.7. The van der Waals surface area contributed by atoms with Crippen LogP contribution in [0.1, 0.15) is 48.3 Å². The number of hydrogen-bond acceptors (Lipinski definition) is 4. The summed E-state index contributed by atoms with van der Waals surface area (Å²) in [5.41, 5.74) is 0.858.